The maximum absolute atomic E-state index is 11.9. The number of tetrazole rings is 1. The molecule has 102 valence electrons. The number of hydrogen-bond donors (Lipinski definition) is 3. The van der Waals surface area contributed by atoms with E-state index >= 15 is 0 Å². The number of aromatic nitrogens is 4. The van der Waals surface area contributed by atoms with Crippen LogP contribution < -0.4 is 15.4 Å². The maximum Gasteiger partial charge on any atom is 0.262 e. The van der Waals surface area contributed by atoms with Gasteiger partial charge in [0.2, 0.25) is 0 Å². The minimum Gasteiger partial charge on any atom is -0.482 e. The number of carbonyl (C=O) groups excluding carboxylic acids is 2. The molecule has 0 saturated carbocycles. The lowest BCUT2D eigenvalue weighted by Crippen LogP contribution is -2.27. The molecule has 3 N–H and O–H groups in total. The van der Waals surface area contributed by atoms with Crippen LogP contribution in [0, 0.1) is 0 Å². The zero-order valence-electron chi connectivity index (χ0n) is 10.2. The predicted octanol–water partition coefficient (Wildman–Crippen LogP) is -0.539. The Labute approximate surface area is 112 Å². The highest BCUT2D eigenvalue weighted by Gasteiger charge is 2.17. The van der Waals surface area contributed by atoms with E-state index in [0.29, 0.717) is 22.8 Å². The van der Waals surface area contributed by atoms with Crippen LogP contribution in [-0.4, -0.2) is 39.0 Å². The molecule has 3 rings (SSSR count). The Bertz CT molecular complexity index is 654. The number of aromatic amines is 1. The molecule has 20 heavy (non-hydrogen) atoms. The van der Waals surface area contributed by atoms with Gasteiger partial charge in [0, 0.05) is 5.56 Å². The third-order valence-electron chi connectivity index (χ3n) is 2.67. The second-order valence-electron chi connectivity index (χ2n) is 4.06. The number of benzene rings is 1. The summed E-state index contributed by atoms with van der Waals surface area (Å²) >= 11 is 0. The smallest absolute Gasteiger partial charge is 0.262 e. The van der Waals surface area contributed by atoms with Crippen LogP contribution in [0.1, 0.15) is 16.2 Å². The first kappa shape index (κ1) is 12.1. The Morgan fingerprint density at radius 3 is 3.15 bits per heavy atom. The summed E-state index contributed by atoms with van der Waals surface area (Å²) < 4.78 is 5.25. The summed E-state index contributed by atoms with van der Waals surface area (Å²) in [7, 11) is 0. The van der Waals surface area contributed by atoms with Crippen LogP contribution in [0.25, 0.3) is 0 Å². The van der Waals surface area contributed by atoms with Crippen molar-refractivity contribution in [2.24, 2.45) is 0 Å². The van der Waals surface area contributed by atoms with Gasteiger partial charge in [-0.2, -0.15) is 5.21 Å². The van der Waals surface area contributed by atoms with Crippen molar-refractivity contribution in [3.05, 3.63) is 29.6 Å². The lowest BCUT2D eigenvalue weighted by atomic mass is 10.1. The number of nitrogens with one attached hydrogen (secondary N) is 3. The second kappa shape index (κ2) is 4.96. The van der Waals surface area contributed by atoms with Gasteiger partial charge in [0.1, 0.15) is 5.75 Å². The number of ether oxygens (including phenoxy) is 1. The molecule has 9 nitrogen and oxygen atoms in total. The minimum atomic E-state index is -0.293. The van der Waals surface area contributed by atoms with Crippen LogP contribution in [0.5, 0.6) is 5.75 Å². The molecular weight excluding hydrogens is 264 g/mol. The predicted molar refractivity (Wildman–Crippen MR) is 65.9 cm³/mol. The number of anilines is 1. The highest BCUT2D eigenvalue weighted by atomic mass is 16.5. The zero-order chi connectivity index (χ0) is 13.9. The Morgan fingerprint density at radius 1 is 1.45 bits per heavy atom. The Balaban J connectivity index is 1.70. The number of carbonyl (C=O) groups is 2. The number of nitrogens with zero attached hydrogens (tertiary/aromatic N) is 3. The third-order valence-corrected chi connectivity index (χ3v) is 2.67. The summed E-state index contributed by atoms with van der Waals surface area (Å²) in [6.07, 6.45) is 0. The van der Waals surface area contributed by atoms with Gasteiger partial charge in [-0.25, -0.2) is 0 Å². The van der Waals surface area contributed by atoms with E-state index in [1.165, 1.54) is 0 Å². The van der Waals surface area contributed by atoms with Crippen molar-refractivity contribution in [2.75, 3.05) is 11.9 Å². The number of rotatable bonds is 3. The Hall–Kier alpha value is -2.97. The van der Waals surface area contributed by atoms with Gasteiger partial charge >= 0.3 is 0 Å². The molecule has 0 saturated heterocycles. The van der Waals surface area contributed by atoms with Crippen molar-refractivity contribution >= 4 is 17.5 Å². The standard InChI is InChI=1S/C11H10N6O3/c18-10-5-20-8-3-6(1-2-7(8)13-10)11(19)12-4-9-14-16-17-15-9/h1-3H,4-5H2,(H,12,19)(H,13,18)(H,14,15,16,17). The lowest BCUT2D eigenvalue weighted by molar-refractivity contribution is -0.118. The molecule has 0 atom stereocenters. The molecular formula is C11H10N6O3. The van der Waals surface area contributed by atoms with E-state index in [0.717, 1.165) is 0 Å². The molecule has 2 aromatic rings. The van der Waals surface area contributed by atoms with E-state index in [1.807, 2.05) is 0 Å². The third kappa shape index (κ3) is 2.41. The van der Waals surface area contributed by atoms with Gasteiger partial charge in [-0.05, 0) is 18.2 Å². The number of H-pyrrole nitrogens is 1. The molecule has 1 aromatic carbocycles. The van der Waals surface area contributed by atoms with E-state index < -0.39 is 0 Å². The fourth-order valence-corrected chi connectivity index (χ4v) is 1.73. The maximum atomic E-state index is 11.9. The van der Waals surface area contributed by atoms with Gasteiger partial charge in [0.15, 0.2) is 12.4 Å². The van der Waals surface area contributed by atoms with Crippen molar-refractivity contribution < 1.29 is 14.3 Å². The van der Waals surface area contributed by atoms with Crippen molar-refractivity contribution in [2.45, 2.75) is 6.54 Å². The van der Waals surface area contributed by atoms with Crippen molar-refractivity contribution in [1.29, 1.82) is 0 Å². The lowest BCUT2D eigenvalue weighted by Gasteiger charge is -2.18. The molecule has 1 aliphatic rings. The largest absolute Gasteiger partial charge is 0.482 e. The van der Waals surface area contributed by atoms with Crippen LogP contribution in [0.3, 0.4) is 0 Å². The molecule has 2 amide bonds. The summed E-state index contributed by atoms with van der Waals surface area (Å²) in [4.78, 5) is 23.1. The molecule has 0 bridgehead atoms. The van der Waals surface area contributed by atoms with Crippen molar-refractivity contribution in [1.82, 2.24) is 25.9 Å². The summed E-state index contributed by atoms with van der Waals surface area (Å²) in [6.45, 7) is 0.116. The summed E-state index contributed by atoms with van der Waals surface area (Å²) in [6, 6.07) is 4.79. The Kier molecular flexibility index (Phi) is 2.99. The van der Waals surface area contributed by atoms with Crippen LogP contribution in [0.4, 0.5) is 5.69 Å². The summed E-state index contributed by atoms with van der Waals surface area (Å²) in [5.41, 5.74) is 0.972. The molecule has 0 radical (unpaired) electrons. The molecule has 0 aliphatic carbocycles. The van der Waals surface area contributed by atoms with Crippen LogP contribution in [0.2, 0.25) is 0 Å². The molecule has 0 unspecified atom stereocenters. The minimum absolute atomic E-state index is 0.0546. The van der Waals surface area contributed by atoms with E-state index in [4.69, 9.17) is 4.74 Å². The molecule has 2 heterocycles. The topological polar surface area (TPSA) is 122 Å². The number of amides is 2. The van der Waals surface area contributed by atoms with E-state index in [2.05, 4.69) is 31.3 Å². The normalized spacial score (nSPS) is 13.1. The average Bonchev–Trinajstić information content (AvgIpc) is 2.97. The molecule has 9 heteroatoms. The molecule has 0 spiro atoms. The Morgan fingerprint density at radius 2 is 2.35 bits per heavy atom. The number of hydrogen-bond acceptors (Lipinski definition) is 6. The second-order valence-corrected chi connectivity index (χ2v) is 4.06. The van der Waals surface area contributed by atoms with Gasteiger partial charge in [-0.15, -0.1) is 10.2 Å². The average molecular weight is 274 g/mol. The fraction of sp³-hybridized carbons (Fsp3) is 0.182. The van der Waals surface area contributed by atoms with Gasteiger partial charge < -0.3 is 15.4 Å². The van der Waals surface area contributed by atoms with Crippen molar-refractivity contribution in [3.8, 4) is 5.75 Å². The van der Waals surface area contributed by atoms with Crippen LogP contribution in [0.15, 0.2) is 18.2 Å². The first-order chi connectivity index (χ1) is 9.72. The highest BCUT2D eigenvalue weighted by molar-refractivity contribution is 5.98. The first-order valence-electron chi connectivity index (χ1n) is 5.79. The van der Waals surface area contributed by atoms with E-state index in [1.54, 1.807) is 18.2 Å². The van der Waals surface area contributed by atoms with Crippen molar-refractivity contribution in [3.63, 3.8) is 0 Å². The quantitative estimate of drug-likeness (QED) is 0.691. The number of fused-ring (bicyclic) bond motifs is 1. The van der Waals surface area contributed by atoms with E-state index in [-0.39, 0.29) is 25.0 Å². The highest BCUT2D eigenvalue weighted by Crippen LogP contribution is 2.28. The monoisotopic (exact) mass is 274 g/mol. The first-order valence-corrected chi connectivity index (χ1v) is 5.79. The molecule has 1 aliphatic heterocycles. The van der Waals surface area contributed by atoms with Gasteiger partial charge in [0.25, 0.3) is 11.8 Å². The SMILES string of the molecule is O=C1COc2cc(C(=O)NCc3nn[nH]n3)ccc2N1. The zero-order valence-corrected chi connectivity index (χ0v) is 10.2. The fourth-order valence-electron chi connectivity index (χ4n) is 1.73. The van der Waals surface area contributed by atoms with Gasteiger partial charge in [-0.3, -0.25) is 9.59 Å². The molecule has 1 aromatic heterocycles. The molecule has 0 fully saturated rings. The van der Waals surface area contributed by atoms with Crippen LogP contribution in [-0.2, 0) is 11.3 Å². The van der Waals surface area contributed by atoms with Gasteiger partial charge in [-0.1, -0.05) is 5.21 Å². The summed E-state index contributed by atoms with van der Waals surface area (Å²) in [5, 5.41) is 18.4. The van der Waals surface area contributed by atoms with E-state index in [9.17, 15) is 9.59 Å². The summed E-state index contributed by atoms with van der Waals surface area (Å²) in [5.74, 6) is 0.349. The van der Waals surface area contributed by atoms with Crippen LogP contribution >= 0.6 is 0 Å². The van der Waals surface area contributed by atoms with Gasteiger partial charge in [0.05, 0.1) is 12.2 Å².